The van der Waals surface area contributed by atoms with Crippen molar-refractivity contribution in [1.82, 2.24) is 0 Å². The molecule has 24 heavy (non-hydrogen) atoms. The Labute approximate surface area is 167 Å². The average molecular weight is 459 g/mol. The van der Waals surface area contributed by atoms with E-state index < -0.39 is 7.26 Å². The van der Waals surface area contributed by atoms with Crippen LogP contribution in [-0.4, -0.2) is 18.4 Å². The summed E-state index contributed by atoms with van der Waals surface area (Å²) >= 11 is 6.69. The summed E-state index contributed by atoms with van der Waals surface area (Å²) in [6.07, 6.45) is 13.9. The fraction of sp³-hybridized carbons (Fsp3) is 0.650. The molecule has 0 amide bonds. The topological polar surface area (TPSA) is 9.23 Å². The van der Waals surface area contributed by atoms with Gasteiger partial charge in [-0.05, 0) is 75.6 Å². The first-order valence-electron chi connectivity index (χ1n) is 9.28. The van der Waals surface area contributed by atoms with E-state index >= 15 is 0 Å². The molecule has 0 atom stereocenters. The first kappa shape index (κ1) is 20.7. The standard InChI is InChI=1S/C20H30ClOP.Pd/c1-22-17-12-14-20(15-13-17)23(16-21,18-8-4-2-5-9-18)19-10-6-3-7-11-19;/h12-16,18-19H,2-11H2,1H3;. The van der Waals surface area contributed by atoms with E-state index in [-0.39, 0.29) is 20.4 Å². The zero-order valence-electron chi connectivity index (χ0n) is 14.7. The molecular weight excluding hydrogens is 429 g/mol. The molecule has 2 aliphatic rings. The molecule has 0 aliphatic heterocycles. The maximum absolute atomic E-state index is 6.69. The van der Waals surface area contributed by atoms with Gasteiger partial charge >= 0.3 is 0 Å². The molecule has 1 aromatic carbocycles. The van der Waals surface area contributed by atoms with Crippen LogP contribution in [0.5, 0.6) is 5.75 Å². The molecule has 0 aromatic heterocycles. The third-order valence-electron chi connectivity index (χ3n) is 6.04. The second kappa shape index (κ2) is 9.92. The van der Waals surface area contributed by atoms with Gasteiger partial charge < -0.3 is 16.3 Å². The molecule has 4 heteroatoms. The zero-order chi connectivity index (χ0) is 16.1. The molecule has 0 N–H and O–H groups in total. The summed E-state index contributed by atoms with van der Waals surface area (Å²) in [7, 11) is 0.318. The van der Waals surface area contributed by atoms with Crippen LogP contribution in [0.3, 0.4) is 0 Å². The Hall–Kier alpha value is 0.402. The van der Waals surface area contributed by atoms with Gasteiger partial charge in [-0.1, -0.05) is 25.7 Å². The molecule has 2 saturated carbocycles. The van der Waals surface area contributed by atoms with E-state index in [1.165, 1.54) is 69.5 Å². The van der Waals surface area contributed by atoms with E-state index in [0.29, 0.717) is 0 Å². The third kappa shape index (κ3) is 4.20. The van der Waals surface area contributed by atoms with Crippen molar-refractivity contribution in [2.45, 2.75) is 75.5 Å². The number of ether oxygens (including phenoxy) is 1. The fourth-order valence-electron chi connectivity index (χ4n) is 4.79. The molecule has 0 saturated heterocycles. The minimum absolute atomic E-state index is 0. The minimum Gasteiger partial charge on any atom is -0.497 e. The average Bonchev–Trinajstić information content (AvgIpc) is 2.65. The molecule has 1 nitrogen and oxygen atoms in total. The van der Waals surface area contributed by atoms with Crippen molar-refractivity contribution < 1.29 is 25.2 Å². The van der Waals surface area contributed by atoms with Gasteiger partial charge in [0, 0.05) is 31.7 Å². The molecule has 3 rings (SSSR count). The van der Waals surface area contributed by atoms with E-state index in [0.717, 1.165) is 17.1 Å². The Balaban J connectivity index is 0.00000208. The van der Waals surface area contributed by atoms with Crippen LogP contribution in [0.25, 0.3) is 0 Å². The van der Waals surface area contributed by atoms with Crippen LogP contribution in [0, 0.1) is 5.62 Å². The van der Waals surface area contributed by atoms with Crippen LogP contribution >= 0.6 is 18.9 Å². The summed E-state index contributed by atoms with van der Waals surface area (Å²) in [5.41, 5.74) is 3.79. The van der Waals surface area contributed by atoms with E-state index in [1.807, 2.05) is 0 Å². The number of halogens is 1. The fourth-order valence-corrected chi connectivity index (χ4v) is 11.1. The molecule has 138 valence electrons. The van der Waals surface area contributed by atoms with Gasteiger partial charge in [0.05, 0.1) is 12.4 Å². The molecule has 2 aliphatic carbocycles. The van der Waals surface area contributed by atoms with Crippen LogP contribution in [0.15, 0.2) is 24.3 Å². The van der Waals surface area contributed by atoms with Gasteiger partial charge in [-0.15, -0.1) is 0 Å². The molecule has 0 bridgehead atoms. The van der Waals surface area contributed by atoms with Crippen molar-refractivity contribution in [3.8, 4) is 5.75 Å². The summed E-state index contributed by atoms with van der Waals surface area (Å²) in [6, 6.07) is 8.90. The van der Waals surface area contributed by atoms with Crippen molar-refractivity contribution in [1.29, 1.82) is 0 Å². The number of hydrogen-bond acceptors (Lipinski definition) is 1. The second-order valence-corrected chi connectivity index (χ2v) is 11.6. The van der Waals surface area contributed by atoms with E-state index in [9.17, 15) is 0 Å². The normalized spacial score (nSPS) is 20.4. The quantitative estimate of drug-likeness (QED) is 0.283. The molecule has 0 spiro atoms. The third-order valence-corrected chi connectivity index (χ3v) is 12.0. The molecule has 0 heterocycles. The largest absolute Gasteiger partial charge is 0.497 e. The van der Waals surface area contributed by atoms with Crippen molar-refractivity contribution in [3.63, 3.8) is 0 Å². The summed E-state index contributed by atoms with van der Waals surface area (Å²) in [5, 5.41) is 1.52. The number of hydrogen-bond donors (Lipinski definition) is 0. The van der Waals surface area contributed by atoms with E-state index in [2.05, 4.69) is 29.9 Å². The Kier molecular flexibility index (Phi) is 8.56. The first-order valence-corrected chi connectivity index (χ1v) is 11.7. The summed E-state index contributed by atoms with van der Waals surface area (Å²) in [5.74, 6) is 0.953. The first-order chi connectivity index (χ1) is 11.3. The van der Waals surface area contributed by atoms with Crippen LogP contribution in [0.4, 0.5) is 0 Å². The zero-order valence-corrected chi connectivity index (χ0v) is 17.9. The van der Waals surface area contributed by atoms with Crippen molar-refractivity contribution in [3.05, 3.63) is 29.9 Å². The van der Waals surface area contributed by atoms with Gasteiger partial charge in [0.2, 0.25) is 0 Å². The van der Waals surface area contributed by atoms with Crippen LogP contribution in [0.1, 0.15) is 64.2 Å². The van der Waals surface area contributed by atoms with E-state index in [1.54, 1.807) is 7.11 Å². The molecule has 0 radical (unpaired) electrons. The number of benzene rings is 1. The maximum atomic E-state index is 6.69. The van der Waals surface area contributed by atoms with Crippen LogP contribution in [-0.2, 0) is 20.4 Å². The van der Waals surface area contributed by atoms with Gasteiger partial charge in [-0.25, -0.2) is 0 Å². The Morgan fingerprint density at radius 1 is 0.875 bits per heavy atom. The minimum atomic E-state index is -1.43. The predicted octanol–water partition coefficient (Wildman–Crippen LogP) is 6.36. The summed E-state index contributed by atoms with van der Waals surface area (Å²) in [4.78, 5) is 0. The maximum Gasteiger partial charge on any atom is 0.119 e. The molecular formula is C20H30ClOPPd. The monoisotopic (exact) mass is 458 g/mol. The Morgan fingerprint density at radius 3 is 1.71 bits per heavy atom. The van der Waals surface area contributed by atoms with E-state index in [4.69, 9.17) is 16.3 Å². The van der Waals surface area contributed by atoms with Gasteiger partial charge in [0.15, 0.2) is 0 Å². The van der Waals surface area contributed by atoms with Crippen LogP contribution in [0.2, 0.25) is 0 Å². The number of methoxy groups -OCH3 is 1. The van der Waals surface area contributed by atoms with Gasteiger partial charge in [0.25, 0.3) is 0 Å². The van der Waals surface area contributed by atoms with Crippen molar-refractivity contribution in [2.24, 2.45) is 0 Å². The molecule has 1 aromatic rings. The summed E-state index contributed by atoms with van der Waals surface area (Å²) in [6.45, 7) is 0. The smallest absolute Gasteiger partial charge is 0.119 e. The summed E-state index contributed by atoms with van der Waals surface area (Å²) < 4.78 is 5.38. The SMILES string of the molecule is COc1ccc([P+]([CH-]Cl)(C2CCCCC2)C2CCCCC2)cc1.[Pd]. The van der Waals surface area contributed by atoms with Crippen LogP contribution < -0.4 is 10.0 Å². The molecule has 2 fully saturated rings. The van der Waals surface area contributed by atoms with Crippen molar-refractivity contribution >= 4 is 24.2 Å². The Morgan fingerprint density at radius 2 is 1.33 bits per heavy atom. The van der Waals surface area contributed by atoms with Gasteiger partial charge in [-0.2, -0.15) is 0 Å². The van der Waals surface area contributed by atoms with Gasteiger partial charge in [0.1, 0.15) is 5.75 Å². The predicted molar refractivity (Wildman–Crippen MR) is 103 cm³/mol. The Bertz CT molecular complexity index is 463. The molecule has 0 unspecified atom stereocenters. The van der Waals surface area contributed by atoms with Gasteiger partial charge in [-0.3, -0.25) is 0 Å². The van der Waals surface area contributed by atoms with Crippen molar-refractivity contribution in [2.75, 3.05) is 7.11 Å². The second-order valence-electron chi connectivity index (χ2n) is 7.21. The number of rotatable bonds is 5.